The van der Waals surface area contributed by atoms with Gasteiger partial charge in [0.05, 0.1) is 34.1 Å². The summed E-state index contributed by atoms with van der Waals surface area (Å²) in [6, 6.07) is 11.8. The average molecular weight is 449 g/mol. The number of hydrogen-bond donors (Lipinski definition) is 1. The highest BCUT2D eigenvalue weighted by molar-refractivity contribution is 8.27. The lowest BCUT2D eigenvalue weighted by Gasteiger charge is -2.17. The number of thioether (sulfide) groups is 2. The average Bonchev–Trinajstić information content (AvgIpc) is 2.99. The van der Waals surface area contributed by atoms with Crippen LogP contribution < -0.4 is 9.64 Å². The third-order valence-electron chi connectivity index (χ3n) is 3.95. The van der Waals surface area contributed by atoms with E-state index in [4.69, 9.17) is 22.1 Å². The second kappa shape index (κ2) is 9.40. The monoisotopic (exact) mass is 448 g/mol. The number of benzene rings is 2. The number of carbonyl (C=O) groups is 1. The van der Waals surface area contributed by atoms with E-state index in [2.05, 4.69) is 0 Å². The van der Waals surface area contributed by atoms with Crippen LogP contribution in [0.25, 0.3) is 6.08 Å². The fourth-order valence-electron chi connectivity index (χ4n) is 2.69. The number of nitro groups is 1. The van der Waals surface area contributed by atoms with Crippen molar-refractivity contribution in [3.8, 4) is 5.75 Å². The van der Waals surface area contributed by atoms with Crippen molar-refractivity contribution in [2.45, 2.75) is 4.90 Å². The minimum absolute atomic E-state index is 0.0718. The predicted octanol–water partition coefficient (Wildman–Crippen LogP) is 4.09. The Balaban J connectivity index is 1.93. The van der Waals surface area contributed by atoms with Crippen LogP contribution in [0.4, 0.5) is 11.4 Å². The van der Waals surface area contributed by atoms with Gasteiger partial charge in [-0.3, -0.25) is 19.8 Å². The van der Waals surface area contributed by atoms with Crippen LogP contribution in [0, 0.1) is 10.1 Å². The molecule has 1 fully saturated rings. The van der Waals surface area contributed by atoms with Gasteiger partial charge in [0.1, 0.15) is 5.75 Å². The lowest BCUT2D eigenvalue weighted by molar-refractivity contribution is -0.387. The standard InChI is InChI=1S/C19H16N2O5S3/c1-26-15-5-3-2-4-13(15)20-18(23)17(29-19(20)27)11-12-6-7-16(28-9-8-22)14(10-12)21(24)25/h2-7,10-11,22H,8-9H2,1H3. The Morgan fingerprint density at radius 2 is 2.10 bits per heavy atom. The van der Waals surface area contributed by atoms with Crippen molar-refractivity contribution >= 4 is 63.4 Å². The van der Waals surface area contributed by atoms with Crippen molar-refractivity contribution in [2.24, 2.45) is 0 Å². The summed E-state index contributed by atoms with van der Waals surface area (Å²) < 4.78 is 5.67. The Kier molecular flexibility index (Phi) is 6.91. The molecular formula is C19H16N2O5S3. The maximum atomic E-state index is 12.9. The molecule has 7 nitrogen and oxygen atoms in total. The molecular weight excluding hydrogens is 432 g/mol. The molecule has 0 saturated carbocycles. The van der Waals surface area contributed by atoms with Crippen molar-refractivity contribution in [2.75, 3.05) is 24.4 Å². The van der Waals surface area contributed by atoms with Crippen molar-refractivity contribution in [3.63, 3.8) is 0 Å². The molecule has 0 aromatic heterocycles. The molecule has 0 aliphatic carbocycles. The highest BCUT2D eigenvalue weighted by atomic mass is 32.2. The van der Waals surface area contributed by atoms with E-state index in [1.54, 1.807) is 42.5 Å². The Labute approximate surface area is 180 Å². The number of anilines is 1. The predicted molar refractivity (Wildman–Crippen MR) is 120 cm³/mol. The number of carbonyl (C=O) groups excluding carboxylic acids is 1. The summed E-state index contributed by atoms with van der Waals surface area (Å²) in [4.78, 5) is 26.1. The summed E-state index contributed by atoms with van der Waals surface area (Å²) >= 11 is 7.70. The number of amides is 1. The van der Waals surface area contributed by atoms with Gasteiger partial charge in [0.2, 0.25) is 0 Å². The first kappa shape index (κ1) is 21.3. The number of para-hydroxylation sites is 2. The van der Waals surface area contributed by atoms with Crippen LogP contribution in [0.15, 0.2) is 52.3 Å². The van der Waals surface area contributed by atoms with Crippen LogP contribution >= 0.6 is 35.7 Å². The number of ether oxygens (including phenoxy) is 1. The lowest BCUT2D eigenvalue weighted by atomic mass is 10.2. The van der Waals surface area contributed by atoms with E-state index in [1.807, 2.05) is 0 Å². The number of rotatable bonds is 7. The molecule has 10 heteroatoms. The summed E-state index contributed by atoms with van der Waals surface area (Å²) in [6.45, 7) is -0.0744. The van der Waals surface area contributed by atoms with Crippen LogP contribution in [0.5, 0.6) is 5.75 Å². The second-order valence-corrected chi connectivity index (χ2v) is 8.56. The zero-order valence-electron chi connectivity index (χ0n) is 15.2. The van der Waals surface area contributed by atoms with E-state index in [0.717, 1.165) is 11.8 Å². The van der Waals surface area contributed by atoms with E-state index in [1.165, 1.54) is 29.8 Å². The van der Waals surface area contributed by atoms with Crippen LogP contribution in [0.2, 0.25) is 0 Å². The molecule has 1 aliphatic heterocycles. The molecule has 0 radical (unpaired) electrons. The van der Waals surface area contributed by atoms with Crippen LogP contribution in [0.3, 0.4) is 0 Å². The summed E-state index contributed by atoms with van der Waals surface area (Å²) in [5.74, 6) is 0.564. The number of nitro benzene ring substituents is 1. The van der Waals surface area contributed by atoms with Crippen molar-refractivity contribution in [1.82, 2.24) is 0 Å². The highest BCUT2D eigenvalue weighted by Crippen LogP contribution is 2.40. The molecule has 1 amide bonds. The van der Waals surface area contributed by atoms with Crippen LogP contribution in [-0.4, -0.2) is 39.7 Å². The molecule has 1 saturated heterocycles. The molecule has 150 valence electrons. The quantitative estimate of drug-likeness (QED) is 0.223. The normalized spacial score (nSPS) is 15.2. The smallest absolute Gasteiger partial charge is 0.283 e. The van der Waals surface area contributed by atoms with Gasteiger partial charge in [-0.1, -0.05) is 42.2 Å². The van der Waals surface area contributed by atoms with Crippen LogP contribution in [-0.2, 0) is 4.79 Å². The van der Waals surface area contributed by atoms with Crippen LogP contribution in [0.1, 0.15) is 5.56 Å². The lowest BCUT2D eigenvalue weighted by Crippen LogP contribution is -2.27. The number of methoxy groups -OCH3 is 1. The van der Waals surface area contributed by atoms with Gasteiger partial charge in [0.25, 0.3) is 11.6 Å². The van der Waals surface area contributed by atoms with Gasteiger partial charge in [-0.25, -0.2) is 0 Å². The maximum Gasteiger partial charge on any atom is 0.283 e. The molecule has 0 spiro atoms. The van der Waals surface area contributed by atoms with Crippen molar-refractivity contribution < 1.29 is 19.6 Å². The van der Waals surface area contributed by atoms with E-state index in [-0.39, 0.29) is 18.2 Å². The Bertz CT molecular complexity index is 1010. The molecule has 0 atom stereocenters. The minimum atomic E-state index is -0.475. The van der Waals surface area contributed by atoms with Gasteiger partial charge in [0.15, 0.2) is 4.32 Å². The molecule has 29 heavy (non-hydrogen) atoms. The van der Waals surface area contributed by atoms with Crippen molar-refractivity contribution in [3.05, 3.63) is 63.0 Å². The molecule has 3 rings (SSSR count). The van der Waals surface area contributed by atoms with Crippen molar-refractivity contribution in [1.29, 1.82) is 0 Å². The van der Waals surface area contributed by atoms with Gasteiger partial charge >= 0.3 is 0 Å². The first-order valence-corrected chi connectivity index (χ1v) is 10.6. The Morgan fingerprint density at radius 3 is 2.79 bits per heavy atom. The highest BCUT2D eigenvalue weighted by Gasteiger charge is 2.35. The molecule has 0 bridgehead atoms. The fraction of sp³-hybridized carbons (Fsp3) is 0.158. The zero-order valence-corrected chi connectivity index (χ0v) is 17.7. The van der Waals surface area contributed by atoms with Gasteiger partial charge in [-0.2, -0.15) is 0 Å². The topological polar surface area (TPSA) is 92.9 Å². The molecule has 2 aromatic rings. The van der Waals surface area contributed by atoms with Gasteiger partial charge in [-0.15, -0.1) is 11.8 Å². The maximum absolute atomic E-state index is 12.9. The van der Waals surface area contributed by atoms with E-state index in [9.17, 15) is 14.9 Å². The molecule has 2 aromatic carbocycles. The Morgan fingerprint density at radius 1 is 1.34 bits per heavy atom. The number of nitrogens with zero attached hydrogens (tertiary/aromatic N) is 2. The molecule has 1 N–H and O–H groups in total. The summed E-state index contributed by atoms with van der Waals surface area (Å²) in [7, 11) is 1.52. The van der Waals surface area contributed by atoms with E-state index < -0.39 is 4.92 Å². The van der Waals surface area contributed by atoms with Gasteiger partial charge < -0.3 is 9.84 Å². The number of aliphatic hydroxyl groups is 1. The second-order valence-electron chi connectivity index (χ2n) is 5.75. The number of thiocarbonyl (C=S) groups is 1. The van der Waals surface area contributed by atoms with Gasteiger partial charge in [-0.05, 0) is 29.8 Å². The summed E-state index contributed by atoms with van der Waals surface area (Å²) in [6.07, 6.45) is 1.59. The molecule has 1 aliphatic rings. The first-order valence-electron chi connectivity index (χ1n) is 8.39. The fourth-order valence-corrected chi connectivity index (χ4v) is 4.73. The largest absolute Gasteiger partial charge is 0.495 e. The third-order valence-corrected chi connectivity index (χ3v) is 6.29. The zero-order chi connectivity index (χ0) is 21.0. The van der Waals surface area contributed by atoms with E-state index in [0.29, 0.717) is 36.9 Å². The molecule has 1 heterocycles. The van der Waals surface area contributed by atoms with Gasteiger partial charge in [0, 0.05) is 11.8 Å². The molecule has 0 unspecified atom stereocenters. The Hall–Kier alpha value is -2.40. The minimum Gasteiger partial charge on any atom is -0.495 e. The summed E-state index contributed by atoms with van der Waals surface area (Å²) in [5, 5.41) is 20.3. The first-order chi connectivity index (χ1) is 14.0. The number of aliphatic hydroxyl groups excluding tert-OH is 1. The summed E-state index contributed by atoms with van der Waals surface area (Å²) in [5.41, 5.74) is 0.991. The van der Waals surface area contributed by atoms with E-state index >= 15 is 0 Å². The third kappa shape index (κ3) is 4.61. The SMILES string of the molecule is COc1ccccc1N1C(=O)C(=Cc2ccc(SCCO)c([N+](=O)[O-])c2)SC1=S. The number of hydrogen-bond acceptors (Lipinski definition) is 8.